The molecule has 0 atom stereocenters. The molecule has 2 aliphatic rings. The lowest BCUT2D eigenvalue weighted by Crippen LogP contribution is -2.48. The monoisotopic (exact) mass is 506 g/mol. The molecule has 0 radical (unpaired) electrons. The molecular weight excluding hydrogens is 485 g/mol. The fourth-order valence-electron chi connectivity index (χ4n) is 3.86. The normalized spacial score (nSPS) is 15.8. The van der Waals surface area contributed by atoms with E-state index >= 15 is 0 Å². The van der Waals surface area contributed by atoms with Crippen LogP contribution in [0, 0.1) is 0 Å². The summed E-state index contributed by atoms with van der Waals surface area (Å²) in [4.78, 5) is 21.3. The molecule has 0 spiro atoms. The number of thiazole rings is 1. The van der Waals surface area contributed by atoms with Gasteiger partial charge in [-0.1, -0.05) is 6.07 Å². The van der Waals surface area contributed by atoms with Gasteiger partial charge in [-0.3, -0.25) is 9.69 Å². The minimum Gasteiger partial charge on any atom is -0.454 e. The number of nitrogens with one attached hydrogen (secondary N) is 1. The Labute approximate surface area is 202 Å². The Hall–Kier alpha value is -3.51. The van der Waals surface area contributed by atoms with Crippen LogP contribution in [0.4, 0.5) is 24.0 Å². The van der Waals surface area contributed by atoms with Crippen LogP contribution in [0.25, 0.3) is 0 Å². The van der Waals surface area contributed by atoms with E-state index < -0.39 is 6.36 Å². The van der Waals surface area contributed by atoms with E-state index in [0.29, 0.717) is 29.6 Å². The van der Waals surface area contributed by atoms with Crippen LogP contribution in [-0.4, -0.2) is 60.0 Å². The van der Waals surface area contributed by atoms with Crippen molar-refractivity contribution in [3.63, 3.8) is 0 Å². The van der Waals surface area contributed by atoms with Crippen LogP contribution in [0.1, 0.15) is 16.1 Å². The lowest BCUT2D eigenvalue weighted by atomic mass is 10.1. The number of ether oxygens (including phenoxy) is 3. The van der Waals surface area contributed by atoms with Crippen molar-refractivity contribution in [3.8, 4) is 17.2 Å². The fraction of sp³-hybridized carbons (Fsp3) is 0.304. The van der Waals surface area contributed by atoms with Gasteiger partial charge in [0.2, 0.25) is 6.79 Å². The van der Waals surface area contributed by atoms with Crippen molar-refractivity contribution in [1.82, 2.24) is 14.8 Å². The first-order chi connectivity index (χ1) is 16.8. The van der Waals surface area contributed by atoms with Crippen molar-refractivity contribution in [1.29, 1.82) is 0 Å². The molecule has 5 rings (SSSR count). The Morgan fingerprint density at radius 2 is 1.80 bits per heavy atom. The zero-order chi connectivity index (χ0) is 24.4. The number of benzene rings is 2. The quantitative estimate of drug-likeness (QED) is 0.529. The first kappa shape index (κ1) is 23.2. The third kappa shape index (κ3) is 5.77. The average molecular weight is 507 g/mol. The van der Waals surface area contributed by atoms with Gasteiger partial charge < -0.3 is 24.4 Å². The molecule has 0 unspecified atom stereocenters. The summed E-state index contributed by atoms with van der Waals surface area (Å²) < 4.78 is 51.5. The maximum atomic E-state index is 12.9. The number of hydrogen-bond donors (Lipinski definition) is 1. The Morgan fingerprint density at radius 3 is 2.54 bits per heavy atom. The molecule has 0 bridgehead atoms. The number of halogens is 3. The van der Waals surface area contributed by atoms with Gasteiger partial charge in [0.1, 0.15) is 11.4 Å². The molecule has 1 aromatic heterocycles. The SMILES string of the molecule is O=C(c1csc(Nc2ccc(OC(F)(F)F)cc2)n1)N1CCN(Cc2ccc3c(c2)OCO3)CC1. The van der Waals surface area contributed by atoms with E-state index in [9.17, 15) is 18.0 Å². The molecular formula is C23H21F3N4O4S. The van der Waals surface area contributed by atoms with Crippen molar-refractivity contribution in [2.45, 2.75) is 12.9 Å². The fourth-order valence-corrected chi connectivity index (χ4v) is 4.57. The van der Waals surface area contributed by atoms with Crippen molar-refractivity contribution in [2.75, 3.05) is 38.3 Å². The number of nitrogens with zero attached hydrogens (tertiary/aromatic N) is 3. The van der Waals surface area contributed by atoms with E-state index in [1.165, 1.54) is 35.6 Å². The van der Waals surface area contributed by atoms with Gasteiger partial charge in [0.15, 0.2) is 16.6 Å². The highest BCUT2D eigenvalue weighted by Crippen LogP contribution is 2.33. The Morgan fingerprint density at radius 1 is 1.06 bits per heavy atom. The van der Waals surface area contributed by atoms with Gasteiger partial charge in [0, 0.05) is 43.8 Å². The lowest BCUT2D eigenvalue weighted by Gasteiger charge is -2.34. The van der Waals surface area contributed by atoms with Crippen LogP contribution in [-0.2, 0) is 6.54 Å². The topological polar surface area (TPSA) is 76.2 Å². The molecule has 2 aromatic carbocycles. The number of anilines is 2. The standard InChI is InChI=1S/C23H21F3N4O4S/c24-23(25,26)34-17-4-2-16(3-5-17)27-22-28-18(13-35-22)21(31)30-9-7-29(8-10-30)12-15-1-6-19-20(11-15)33-14-32-19/h1-6,11,13H,7-10,12,14H2,(H,27,28). The Bertz CT molecular complexity index is 1190. The van der Waals surface area contributed by atoms with Gasteiger partial charge in [0.05, 0.1) is 0 Å². The lowest BCUT2D eigenvalue weighted by molar-refractivity contribution is -0.274. The number of hydrogen-bond acceptors (Lipinski definition) is 8. The number of carbonyl (C=O) groups excluding carboxylic acids is 1. The van der Waals surface area contributed by atoms with Gasteiger partial charge in [-0.25, -0.2) is 4.98 Å². The van der Waals surface area contributed by atoms with Crippen molar-refractivity contribution in [3.05, 3.63) is 59.1 Å². The van der Waals surface area contributed by atoms with Crippen LogP contribution in [0.5, 0.6) is 17.2 Å². The minimum absolute atomic E-state index is 0.147. The second-order valence-electron chi connectivity index (χ2n) is 7.99. The summed E-state index contributed by atoms with van der Waals surface area (Å²) in [5.74, 6) is 1.06. The summed E-state index contributed by atoms with van der Waals surface area (Å²) >= 11 is 1.25. The number of amides is 1. The van der Waals surface area contributed by atoms with Gasteiger partial charge in [-0.15, -0.1) is 24.5 Å². The molecule has 0 aliphatic carbocycles. The van der Waals surface area contributed by atoms with Gasteiger partial charge in [-0.2, -0.15) is 0 Å². The highest BCUT2D eigenvalue weighted by molar-refractivity contribution is 7.14. The largest absolute Gasteiger partial charge is 0.573 e. The van der Waals surface area contributed by atoms with E-state index in [4.69, 9.17) is 9.47 Å². The van der Waals surface area contributed by atoms with E-state index in [-0.39, 0.29) is 18.4 Å². The van der Waals surface area contributed by atoms with Crippen LogP contribution in [0.3, 0.4) is 0 Å². The van der Waals surface area contributed by atoms with E-state index in [0.717, 1.165) is 36.7 Å². The van der Waals surface area contributed by atoms with E-state index in [1.807, 2.05) is 18.2 Å². The Kier molecular flexibility index (Phi) is 6.39. The molecule has 1 amide bonds. The second-order valence-corrected chi connectivity index (χ2v) is 8.85. The smallest absolute Gasteiger partial charge is 0.454 e. The summed E-state index contributed by atoms with van der Waals surface area (Å²) in [6.45, 7) is 3.66. The van der Waals surface area contributed by atoms with Gasteiger partial charge >= 0.3 is 6.36 Å². The first-order valence-electron chi connectivity index (χ1n) is 10.8. The van der Waals surface area contributed by atoms with E-state index in [1.54, 1.807) is 10.3 Å². The third-order valence-electron chi connectivity index (χ3n) is 5.57. The number of alkyl halides is 3. The van der Waals surface area contributed by atoms with Crippen LogP contribution < -0.4 is 19.5 Å². The molecule has 12 heteroatoms. The zero-order valence-electron chi connectivity index (χ0n) is 18.4. The molecule has 2 aliphatic heterocycles. The van der Waals surface area contributed by atoms with Crippen LogP contribution in [0.2, 0.25) is 0 Å². The maximum absolute atomic E-state index is 12.9. The van der Waals surface area contributed by atoms with E-state index in [2.05, 4.69) is 19.9 Å². The van der Waals surface area contributed by atoms with Gasteiger partial charge in [-0.05, 0) is 42.0 Å². The molecule has 1 saturated heterocycles. The number of aromatic nitrogens is 1. The molecule has 1 N–H and O–H groups in total. The molecule has 35 heavy (non-hydrogen) atoms. The highest BCUT2D eigenvalue weighted by Gasteiger charge is 2.31. The van der Waals surface area contributed by atoms with Crippen molar-refractivity contribution in [2.24, 2.45) is 0 Å². The number of fused-ring (bicyclic) bond motifs is 1. The summed E-state index contributed by atoms with van der Waals surface area (Å²) in [5.41, 5.74) is 1.99. The molecule has 8 nitrogen and oxygen atoms in total. The molecule has 1 fully saturated rings. The molecule has 0 saturated carbocycles. The number of rotatable bonds is 6. The Balaban J connectivity index is 1.12. The number of carbonyl (C=O) groups is 1. The minimum atomic E-state index is -4.74. The summed E-state index contributed by atoms with van der Waals surface area (Å²) in [6.07, 6.45) is -4.74. The summed E-state index contributed by atoms with van der Waals surface area (Å²) in [5, 5.41) is 5.14. The van der Waals surface area contributed by atoms with Gasteiger partial charge in [0.25, 0.3) is 5.91 Å². The van der Waals surface area contributed by atoms with Crippen molar-refractivity contribution < 1.29 is 32.2 Å². The molecule has 3 heterocycles. The summed E-state index contributed by atoms with van der Waals surface area (Å²) in [7, 11) is 0. The molecule has 3 aromatic rings. The van der Waals surface area contributed by atoms with Crippen molar-refractivity contribution >= 4 is 28.1 Å². The second kappa shape index (κ2) is 9.62. The predicted molar refractivity (Wildman–Crippen MR) is 122 cm³/mol. The summed E-state index contributed by atoms with van der Waals surface area (Å²) in [6, 6.07) is 11.2. The van der Waals surface area contributed by atoms with Crippen LogP contribution >= 0.6 is 11.3 Å². The average Bonchev–Trinajstić information content (AvgIpc) is 3.49. The van der Waals surface area contributed by atoms with Crippen LogP contribution in [0.15, 0.2) is 47.8 Å². The maximum Gasteiger partial charge on any atom is 0.573 e. The highest BCUT2D eigenvalue weighted by atomic mass is 32.1. The first-order valence-corrected chi connectivity index (χ1v) is 11.7. The predicted octanol–water partition coefficient (Wildman–Crippen LogP) is 4.47. The third-order valence-corrected chi connectivity index (χ3v) is 6.32. The number of piperazine rings is 1. The molecule has 184 valence electrons. The zero-order valence-corrected chi connectivity index (χ0v) is 19.2.